The summed E-state index contributed by atoms with van der Waals surface area (Å²) in [6, 6.07) is 0. The highest BCUT2D eigenvalue weighted by Gasteiger charge is 2.35. The van der Waals surface area contributed by atoms with E-state index in [9.17, 15) is 0 Å². The molecule has 0 aromatic heterocycles. The number of nitrogens with zero attached hydrogens (tertiary/aromatic N) is 1. The Kier molecular flexibility index (Phi) is 7.38. The first-order valence-electron chi connectivity index (χ1n) is 8.40. The lowest BCUT2D eigenvalue weighted by atomic mass is 9.85. The van der Waals surface area contributed by atoms with Gasteiger partial charge >= 0.3 is 0 Å². The maximum Gasteiger partial charge on any atom is 0.00504 e. The molecule has 1 aliphatic rings. The SMILES string of the molecule is CCNCC1(CN(CC(C)C)CC(C)C)CCCC1. The van der Waals surface area contributed by atoms with Crippen LogP contribution >= 0.6 is 0 Å². The van der Waals surface area contributed by atoms with E-state index in [0.717, 1.165) is 18.4 Å². The minimum Gasteiger partial charge on any atom is -0.316 e. The summed E-state index contributed by atoms with van der Waals surface area (Å²) < 4.78 is 0. The van der Waals surface area contributed by atoms with Crippen molar-refractivity contribution < 1.29 is 0 Å². The molecule has 1 rings (SSSR count). The van der Waals surface area contributed by atoms with E-state index >= 15 is 0 Å². The first-order valence-corrected chi connectivity index (χ1v) is 8.40. The van der Waals surface area contributed by atoms with Gasteiger partial charge in [0.05, 0.1) is 0 Å². The van der Waals surface area contributed by atoms with Gasteiger partial charge in [0.1, 0.15) is 0 Å². The second-order valence-corrected chi connectivity index (χ2v) is 7.47. The number of hydrogen-bond acceptors (Lipinski definition) is 2. The normalized spacial score (nSPS) is 18.9. The van der Waals surface area contributed by atoms with Crippen LogP contribution in [0.2, 0.25) is 0 Å². The summed E-state index contributed by atoms with van der Waals surface area (Å²) in [7, 11) is 0. The van der Waals surface area contributed by atoms with Gasteiger partial charge in [-0.05, 0) is 36.6 Å². The lowest BCUT2D eigenvalue weighted by molar-refractivity contribution is 0.125. The maximum atomic E-state index is 3.62. The third-order valence-corrected chi connectivity index (χ3v) is 4.22. The zero-order chi connectivity index (χ0) is 14.3. The Morgan fingerprint density at radius 3 is 1.95 bits per heavy atom. The molecule has 0 bridgehead atoms. The molecular formula is C17H36N2. The average Bonchev–Trinajstić information content (AvgIpc) is 2.73. The molecule has 0 aliphatic heterocycles. The van der Waals surface area contributed by atoms with Crippen LogP contribution in [0.5, 0.6) is 0 Å². The minimum absolute atomic E-state index is 0.555. The van der Waals surface area contributed by atoms with Crippen molar-refractivity contribution in [2.45, 2.75) is 60.3 Å². The highest BCUT2D eigenvalue weighted by Crippen LogP contribution is 2.38. The van der Waals surface area contributed by atoms with Crippen molar-refractivity contribution in [1.82, 2.24) is 10.2 Å². The summed E-state index contributed by atoms with van der Waals surface area (Å²) in [5.74, 6) is 1.55. The average molecular weight is 268 g/mol. The van der Waals surface area contributed by atoms with Gasteiger partial charge in [-0.2, -0.15) is 0 Å². The smallest absolute Gasteiger partial charge is 0.00504 e. The molecule has 1 fully saturated rings. The molecule has 0 heterocycles. The Bertz CT molecular complexity index is 219. The summed E-state index contributed by atoms with van der Waals surface area (Å²) in [5, 5.41) is 3.62. The summed E-state index contributed by atoms with van der Waals surface area (Å²) >= 11 is 0. The van der Waals surface area contributed by atoms with Crippen LogP contribution in [0.15, 0.2) is 0 Å². The van der Waals surface area contributed by atoms with Crippen molar-refractivity contribution in [2.75, 3.05) is 32.7 Å². The Hall–Kier alpha value is -0.0800. The zero-order valence-corrected chi connectivity index (χ0v) is 14.0. The van der Waals surface area contributed by atoms with Crippen molar-refractivity contribution in [3.05, 3.63) is 0 Å². The maximum absolute atomic E-state index is 3.62. The van der Waals surface area contributed by atoms with E-state index in [-0.39, 0.29) is 0 Å². The van der Waals surface area contributed by atoms with Crippen molar-refractivity contribution >= 4 is 0 Å². The van der Waals surface area contributed by atoms with Crippen molar-refractivity contribution in [1.29, 1.82) is 0 Å². The third-order valence-electron chi connectivity index (χ3n) is 4.22. The van der Waals surface area contributed by atoms with Gasteiger partial charge < -0.3 is 10.2 Å². The molecule has 0 amide bonds. The van der Waals surface area contributed by atoms with Gasteiger partial charge in [-0.3, -0.25) is 0 Å². The Labute approximate surface area is 121 Å². The van der Waals surface area contributed by atoms with Crippen LogP contribution in [0.3, 0.4) is 0 Å². The second kappa shape index (κ2) is 8.26. The lowest BCUT2D eigenvalue weighted by Gasteiger charge is -2.37. The molecule has 0 spiro atoms. The predicted octanol–water partition coefficient (Wildman–Crippen LogP) is 3.77. The fourth-order valence-electron chi connectivity index (χ4n) is 3.62. The van der Waals surface area contributed by atoms with Crippen LogP contribution in [0.4, 0.5) is 0 Å². The van der Waals surface area contributed by atoms with Gasteiger partial charge in [-0.25, -0.2) is 0 Å². The van der Waals surface area contributed by atoms with E-state index in [1.807, 2.05) is 0 Å². The van der Waals surface area contributed by atoms with E-state index in [1.54, 1.807) is 0 Å². The van der Waals surface area contributed by atoms with E-state index < -0.39 is 0 Å². The number of nitrogens with one attached hydrogen (secondary N) is 1. The van der Waals surface area contributed by atoms with Crippen LogP contribution in [0.25, 0.3) is 0 Å². The Balaban J connectivity index is 2.61. The molecule has 1 saturated carbocycles. The van der Waals surface area contributed by atoms with Crippen LogP contribution < -0.4 is 5.32 Å². The molecule has 1 aliphatic carbocycles. The molecule has 0 saturated heterocycles. The monoisotopic (exact) mass is 268 g/mol. The molecule has 2 nitrogen and oxygen atoms in total. The van der Waals surface area contributed by atoms with Crippen LogP contribution in [-0.2, 0) is 0 Å². The molecule has 2 heteroatoms. The quantitative estimate of drug-likeness (QED) is 0.685. The summed E-state index contributed by atoms with van der Waals surface area (Å²) in [5.41, 5.74) is 0.555. The molecule has 0 aromatic rings. The summed E-state index contributed by atoms with van der Waals surface area (Å²) in [6.45, 7) is 17.7. The summed E-state index contributed by atoms with van der Waals surface area (Å²) in [6.07, 6.45) is 5.71. The van der Waals surface area contributed by atoms with E-state index in [0.29, 0.717) is 5.41 Å². The molecule has 114 valence electrons. The first-order chi connectivity index (χ1) is 8.97. The second-order valence-electron chi connectivity index (χ2n) is 7.47. The molecule has 0 atom stereocenters. The van der Waals surface area contributed by atoms with Gasteiger partial charge in [-0.1, -0.05) is 47.5 Å². The molecule has 0 aromatic carbocycles. The van der Waals surface area contributed by atoms with Crippen LogP contribution in [-0.4, -0.2) is 37.6 Å². The van der Waals surface area contributed by atoms with E-state index in [4.69, 9.17) is 0 Å². The minimum atomic E-state index is 0.555. The van der Waals surface area contributed by atoms with Gasteiger partial charge in [0.15, 0.2) is 0 Å². The van der Waals surface area contributed by atoms with Crippen molar-refractivity contribution in [3.8, 4) is 0 Å². The Morgan fingerprint density at radius 2 is 1.53 bits per heavy atom. The van der Waals surface area contributed by atoms with Gasteiger partial charge in [0.25, 0.3) is 0 Å². The molecule has 0 radical (unpaired) electrons. The fourth-order valence-corrected chi connectivity index (χ4v) is 3.62. The standard InChI is InChI=1S/C17H36N2/c1-6-18-13-17(9-7-8-10-17)14-19(11-15(2)3)12-16(4)5/h15-16,18H,6-14H2,1-5H3. The predicted molar refractivity (Wildman–Crippen MR) is 85.6 cm³/mol. The van der Waals surface area contributed by atoms with Gasteiger partial charge in [0.2, 0.25) is 0 Å². The highest BCUT2D eigenvalue weighted by atomic mass is 15.1. The molecule has 0 unspecified atom stereocenters. The highest BCUT2D eigenvalue weighted by molar-refractivity contribution is 4.89. The number of hydrogen-bond donors (Lipinski definition) is 1. The van der Waals surface area contributed by atoms with Crippen LogP contribution in [0, 0.1) is 17.3 Å². The molecule has 19 heavy (non-hydrogen) atoms. The number of rotatable bonds is 9. The van der Waals surface area contributed by atoms with Crippen LogP contribution in [0.1, 0.15) is 60.3 Å². The lowest BCUT2D eigenvalue weighted by Crippen LogP contribution is -2.45. The Morgan fingerprint density at radius 1 is 1.00 bits per heavy atom. The fraction of sp³-hybridized carbons (Fsp3) is 1.00. The van der Waals surface area contributed by atoms with Crippen molar-refractivity contribution in [3.63, 3.8) is 0 Å². The van der Waals surface area contributed by atoms with Gasteiger partial charge in [-0.15, -0.1) is 0 Å². The largest absolute Gasteiger partial charge is 0.316 e. The zero-order valence-electron chi connectivity index (χ0n) is 14.0. The first kappa shape index (κ1) is 17.0. The van der Waals surface area contributed by atoms with Gasteiger partial charge in [0, 0.05) is 26.2 Å². The molecule has 1 N–H and O–H groups in total. The van der Waals surface area contributed by atoms with Crippen molar-refractivity contribution in [2.24, 2.45) is 17.3 Å². The van der Waals surface area contributed by atoms with E-state index in [1.165, 1.54) is 51.9 Å². The molecular weight excluding hydrogens is 232 g/mol. The third kappa shape index (κ3) is 6.27. The summed E-state index contributed by atoms with van der Waals surface area (Å²) in [4.78, 5) is 2.73. The van der Waals surface area contributed by atoms with E-state index in [2.05, 4.69) is 44.8 Å². The topological polar surface area (TPSA) is 15.3 Å².